The zero-order valence-electron chi connectivity index (χ0n) is 15.6. The van der Waals surface area contributed by atoms with E-state index in [1.807, 2.05) is 26.8 Å². The molecule has 0 radical (unpaired) electrons. The molecule has 25 heavy (non-hydrogen) atoms. The van der Waals surface area contributed by atoms with Gasteiger partial charge < -0.3 is 14.6 Å². The summed E-state index contributed by atoms with van der Waals surface area (Å²) in [6, 6.07) is 0. The van der Waals surface area contributed by atoms with Crippen molar-refractivity contribution in [2.75, 3.05) is 0 Å². The Bertz CT molecular complexity index is 628. The van der Waals surface area contributed by atoms with Crippen molar-refractivity contribution in [2.45, 2.75) is 65.8 Å². The van der Waals surface area contributed by atoms with Crippen molar-refractivity contribution in [3.63, 3.8) is 0 Å². The normalized spacial score (nSPS) is 37.9. The van der Waals surface area contributed by atoms with Crippen molar-refractivity contribution < 1.29 is 24.2 Å². The Hall–Kier alpha value is -1.88. The minimum absolute atomic E-state index is 0.241. The van der Waals surface area contributed by atoms with Crippen LogP contribution in [0.4, 0.5) is 0 Å². The molecule has 1 heterocycles. The van der Waals surface area contributed by atoms with Crippen LogP contribution in [0.1, 0.15) is 47.5 Å². The zero-order valence-corrected chi connectivity index (χ0v) is 15.6. The van der Waals surface area contributed by atoms with E-state index >= 15 is 0 Å². The van der Waals surface area contributed by atoms with Gasteiger partial charge in [-0.15, -0.1) is 0 Å². The lowest BCUT2D eigenvalue weighted by Gasteiger charge is -2.29. The molecule has 0 saturated carbocycles. The van der Waals surface area contributed by atoms with Crippen molar-refractivity contribution in [3.8, 4) is 0 Å². The molecule has 0 aromatic heterocycles. The fraction of sp³-hybridized carbons (Fsp3) is 0.600. The molecule has 0 spiro atoms. The highest BCUT2D eigenvalue weighted by Crippen LogP contribution is 2.37. The second-order valence-corrected chi connectivity index (χ2v) is 7.18. The molecular formula is C20H28O5. The van der Waals surface area contributed by atoms with E-state index in [0.29, 0.717) is 18.4 Å². The van der Waals surface area contributed by atoms with Gasteiger partial charge in [0.2, 0.25) is 0 Å². The smallest absolute Gasteiger partial charge is 0.333 e. The van der Waals surface area contributed by atoms with Crippen molar-refractivity contribution >= 4 is 11.9 Å². The fourth-order valence-electron chi connectivity index (χ4n) is 3.50. The largest absolute Gasteiger partial charge is 0.458 e. The maximum atomic E-state index is 12.3. The van der Waals surface area contributed by atoms with Gasteiger partial charge in [-0.25, -0.2) is 4.79 Å². The Kier molecular flexibility index (Phi) is 6.22. The summed E-state index contributed by atoms with van der Waals surface area (Å²) in [7, 11) is 0. The summed E-state index contributed by atoms with van der Waals surface area (Å²) in [6.45, 7) is 9.12. The predicted molar refractivity (Wildman–Crippen MR) is 94.6 cm³/mol. The number of aliphatic hydroxyl groups is 1. The summed E-state index contributed by atoms with van der Waals surface area (Å²) < 4.78 is 11.3. The highest BCUT2D eigenvalue weighted by Gasteiger charge is 2.47. The number of esters is 2. The monoisotopic (exact) mass is 348 g/mol. The fourth-order valence-corrected chi connectivity index (χ4v) is 3.50. The van der Waals surface area contributed by atoms with E-state index in [-0.39, 0.29) is 23.8 Å². The van der Waals surface area contributed by atoms with Crippen LogP contribution in [-0.4, -0.2) is 35.4 Å². The number of allylic oxidation sites excluding steroid dienone is 1. The van der Waals surface area contributed by atoms with E-state index in [9.17, 15) is 14.7 Å². The van der Waals surface area contributed by atoms with Crippen LogP contribution in [0.5, 0.6) is 0 Å². The van der Waals surface area contributed by atoms with Gasteiger partial charge in [-0.05, 0) is 40.2 Å². The Labute approximate surface area is 149 Å². The summed E-state index contributed by atoms with van der Waals surface area (Å²) in [6.07, 6.45) is 4.82. The van der Waals surface area contributed by atoms with Gasteiger partial charge >= 0.3 is 11.9 Å². The van der Waals surface area contributed by atoms with E-state index in [0.717, 1.165) is 11.1 Å². The number of hydrogen-bond acceptors (Lipinski definition) is 5. The lowest BCUT2D eigenvalue weighted by molar-refractivity contribution is -0.148. The number of carbonyl (C=O) groups is 2. The zero-order chi connectivity index (χ0) is 18.7. The molecule has 1 aliphatic carbocycles. The molecule has 138 valence electrons. The quantitative estimate of drug-likeness (QED) is 0.472. The number of carbonyl (C=O) groups excluding carboxylic acids is 2. The topological polar surface area (TPSA) is 72.8 Å². The standard InChI is InChI=1S/C20H28O5/c1-6-13(4)19(22)24-16-9-11(2)7-15(21)8-12(3)10-17-18(16)14(5)20(23)25-17/h6-7,10,14-18,21H,8-9H2,1-5H3/b11-7+,12-10+,13-6+/t14-,15-,16+,17+,18+/m0/s1. The second kappa shape index (κ2) is 8.00. The highest BCUT2D eigenvalue weighted by molar-refractivity contribution is 5.87. The molecule has 0 aromatic rings. The molecule has 0 unspecified atom stereocenters. The molecule has 5 nitrogen and oxygen atoms in total. The first-order valence-corrected chi connectivity index (χ1v) is 8.80. The number of ether oxygens (including phenoxy) is 2. The second-order valence-electron chi connectivity index (χ2n) is 7.18. The van der Waals surface area contributed by atoms with Gasteiger partial charge in [0.25, 0.3) is 0 Å². The van der Waals surface area contributed by atoms with Gasteiger partial charge in [0.1, 0.15) is 12.2 Å². The first kappa shape index (κ1) is 19.4. The first-order chi connectivity index (χ1) is 11.7. The third-order valence-corrected chi connectivity index (χ3v) is 5.00. The van der Waals surface area contributed by atoms with Crippen LogP contribution in [-0.2, 0) is 19.1 Å². The van der Waals surface area contributed by atoms with Crippen LogP contribution < -0.4 is 0 Å². The number of fused-ring (bicyclic) bond motifs is 1. The Morgan fingerprint density at radius 1 is 1.28 bits per heavy atom. The van der Waals surface area contributed by atoms with Crippen LogP contribution in [0.15, 0.2) is 34.9 Å². The highest BCUT2D eigenvalue weighted by atomic mass is 16.6. The van der Waals surface area contributed by atoms with Crippen molar-refractivity contribution in [2.24, 2.45) is 11.8 Å². The minimum Gasteiger partial charge on any atom is -0.458 e. The molecule has 2 rings (SSSR count). The molecule has 1 N–H and O–H groups in total. The van der Waals surface area contributed by atoms with Gasteiger partial charge in [-0.2, -0.15) is 0 Å². The van der Waals surface area contributed by atoms with Gasteiger partial charge in [-0.1, -0.05) is 30.2 Å². The molecule has 5 heteroatoms. The summed E-state index contributed by atoms with van der Waals surface area (Å²) in [4.78, 5) is 24.4. The lowest BCUT2D eigenvalue weighted by atomic mass is 9.82. The average Bonchev–Trinajstić information content (AvgIpc) is 2.78. The average molecular weight is 348 g/mol. The van der Waals surface area contributed by atoms with Crippen molar-refractivity contribution in [1.82, 2.24) is 0 Å². The van der Waals surface area contributed by atoms with Gasteiger partial charge in [0.15, 0.2) is 0 Å². The van der Waals surface area contributed by atoms with Crippen molar-refractivity contribution in [3.05, 3.63) is 34.9 Å². The van der Waals surface area contributed by atoms with E-state index in [1.165, 1.54) is 0 Å². The maximum Gasteiger partial charge on any atom is 0.333 e. The summed E-state index contributed by atoms with van der Waals surface area (Å²) in [5.74, 6) is -1.25. The summed E-state index contributed by atoms with van der Waals surface area (Å²) in [5.41, 5.74) is 2.41. The molecule has 0 amide bonds. The van der Waals surface area contributed by atoms with Gasteiger partial charge in [-0.3, -0.25) is 4.79 Å². The van der Waals surface area contributed by atoms with Crippen LogP contribution in [0.25, 0.3) is 0 Å². The third-order valence-electron chi connectivity index (χ3n) is 5.00. The van der Waals surface area contributed by atoms with E-state index in [1.54, 1.807) is 26.0 Å². The molecule has 5 atom stereocenters. The Morgan fingerprint density at radius 3 is 2.56 bits per heavy atom. The van der Waals surface area contributed by atoms with Gasteiger partial charge in [0.05, 0.1) is 17.9 Å². The third kappa shape index (κ3) is 4.60. The lowest BCUT2D eigenvalue weighted by Crippen LogP contribution is -2.36. The molecule has 0 bridgehead atoms. The van der Waals surface area contributed by atoms with Crippen LogP contribution >= 0.6 is 0 Å². The Balaban J connectivity index is 2.40. The molecule has 1 saturated heterocycles. The number of hydrogen-bond donors (Lipinski definition) is 1. The molecule has 0 aromatic carbocycles. The van der Waals surface area contributed by atoms with Crippen LogP contribution in [0, 0.1) is 11.8 Å². The number of aliphatic hydroxyl groups excluding tert-OH is 1. The maximum absolute atomic E-state index is 12.3. The van der Waals surface area contributed by atoms with Crippen molar-refractivity contribution in [1.29, 1.82) is 0 Å². The van der Waals surface area contributed by atoms with E-state index in [4.69, 9.17) is 9.47 Å². The Morgan fingerprint density at radius 2 is 1.92 bits per heavy atom. The molecule has 2 aliphatic rings. The SMILES string of the molecule is C/C=C(\C)C(=O)O[C@@H]1C/C(C)=C/[C@H](O)C/C(C)=C/[C@H]2OC(=O)[C@@H](C)[C@@H]21. The molecule has 1 aliphatic heterocycles. The summed E-state index contributed by atoms with van der Waals surface area (Å²) >= 11 is 0. The molecular weight excluding hydrogens is 320 g/mol. The van der Waals surface area contributed by atoms with Crippen LogP contribution in [0.2, 0.25) is 0 Å². The predicted octanol–water partition coefficient (Wildman–Crippen LogP) is 3.09. The minimum atomic E-state index is -0.601. The van der Waals surface area contributed by atoms with E-state index in [2.05, 4.69) is 0 Å². The van der Waals surface area contributed by atoms with E-state index < -0.39 is 18.3 Å². The summed E-state index contributed by atoms with van der Waals surface area (Å²) in [5, 5.41) is 10.2. The van der Waals surface area contributed by atoms with Crippen LogP contribution in [0.3, 0.4) is 0 Å². The number of rotatable bonds is 2. The van der Waals surface area contributed by atoms with Gasteiger partial charge in [0, 0.05) is 12.0 Å². The molecule has 1 fully saturated rings. The first-order valence-electron chi connectivity index (χ1n) is 8.80.